The minimum absolute atomic E-state index is 0.204. The fraction of sp³-hybridized carbons (Fsp3) is 0.267. The van der Waals surface area contributed by atoms with E-state index < -0.39 is 11.9 Å². The third-order valence-electron chi connectivity index (χ3n) is 3.12. The molecule has 1 heterocycles. The van der Waals surface area contributed by atoms with Crippen LogP contribution < -0.4 is 5.32 Å². The Labute approximate surface area is 111 Å². The van der Waals surface area contributed by atoms with E-state index in [4.69, 9.17) is 0 Å². The van der Waals surface area contributed by atoms with E-state index in [1.807, 2.05) is 19.9 Å². The summed E-state index contributed by atoms with van der Waals surface area (Å²) in [7, 11) is 1.66. The van der Waals surface area contributed by atoms with Gasteiger partial charge in [0.1, 0.15) is 11.6 Å². The molecule has 0 bridgehead atoms. The Morgan fingerprint density at radius 2 is 1.89 bits per heavy atom. The molecule has 19 heavy (non-hydrogen) atoms. The third-order valence-corrected chi connectivity index (χ3v) is 3.12. The van der Waals surface area contributed by atoms with Gasteiger partial charge in [0, 0.05) is 11.8 Å². The van der Waals surface area contributed by atoms with Crippen molar-refractivity contribution in [1.82, 2.24) is 10.3 Å². The van der Waals surface area contributed by atoms with Gasteiger partial charge in [0.2, 0.25) is 0 Å². The predicted molar refractivity (Wildman–Crippen MR) is 71.0 cm³/mol. The molecule has 2 aromatic rings. The Morgan fingerprint density at radius 1 is 1.16 bits per heavy atom. The van der Waals surface area contributed by atoms with E-state index >= 15 is 0 Å². The number of benzene rings is 1. The molecule has 0 aliphatic carbocycles. The molecule has 1 atom stereocenters. The van der Waals surface area contributed by atoms with E-state index in [1.54, 1.807) is 7.05 Å². The highest BCUT2D eigenvalue weighted by molar-refractivity contribution is 5.38. The molecular formula is C15H16F2N2. The Bertz CT molecular complexity index is 573. The zero-order chi connectivity index (χ0) is 14.0. The van der Waals surface area contributed by atoms with Crippen LogP contribution in [0.25, 0.3) is 0 Å². The van der Waals surface area contributed by atoms with Gasteiger partial charge >= 0.3 is 0 Å². The van der Waals surface area contributed by atoms with Gasteiger partial charge in [-0.2, -0.15) is 0 Å². The number of hydrogen-bond donors (Lipinski definition) is 1. The van der Waals surface area contributed by atoms with Crippen molar-refractivity contribution in [2.45, 2.75) is 19.9 Å². The molecule has 1 aromatic heterocycles. The summed E-state index contributed by atoms with van der Waals surface area (Å²) in [6.07, 6.45) is 1.50. The van der Waals surface area contributed by atoms with Crippen LogP contribution in [0.3, 0.4) is 0 Å². The Morgan fingerprint density at radius 3 is 2.47 bits per heavy atom. The van der Waals surface area contributed by atoms with Gasteiger partial charge in [0.05, 0.1) is 11.7 Å². The Kier molecular flexibility index (Phi) is 3.90. The van der Waals surface area contributed by atoms with Crippen molar-refractivity contribution in [2.24, 2.45) is 0 Å². The lowest BCUT2D eigenvalue weighted by Gasteiger charge is -2.20. The summed E-state index contributed by atoms with van der Waals surface area (Å²) in [6.45, 7) is 3.65. The van der Waals surface area contributed by atoms with E-state index in [-0.39, 0.29) is 11.5 Å². The van der Waals surface area contributed by atoms with Crippen molar-refractivity contribution in [3.63, 3.8) is 0 Å². The van der Waals surface area contributed by atoms with E-state index in [0.29, 0.717) is 5.56 Å². The molecule has 2 rings (SSSR count). The number of aryl methyl sites for hydroxylation is 2. The summed E-state index contributed by atoms with van der Waals surface area (Å²) in [5, 5.41) is 2.93. The van der Waals surface area contributed by atoms with Crippen LogP contribution in [0.1, 0.15) is 28.4 Å². The molecule has 0 aliphatic heterocycles. The molecule has 4 heteroatoms. The van der Waals surface area contributed by atoms with Crippen LogP contribution in [0.2, 0.25) is 0 Å². The second kappa shape index (κ2) is 5.45. The van der Waals surface area contributed by atoms with Crippen LogP contribution in [-0.4, -0.2) is 12.0 Å². The normalized spacial score (nSPS) is 12.5. The first-order chi connectivity index (χ1) is 9.04. The van der Waals surface area contributed by atoms with Gasteiger partial charge in [-0.25, -0.2) is 8.78 Å². The smallest absolute Gasteiger partial charge is 0.146 e. The number of nitrogens with one attached hydrogen (secondary N) is 1. The maximum Gasteiger partial charge on any atom is 0.146 e. The monoisotopic (exact) mass is 262 g/mol. The molecule has 0 aliphatic rings. The largest absolute Gasteiger partial charge is 0.308 e. The van der Waals surface area contributed by atoms with Crippen LogP contribution in [-0.2, 0) is 0 Å². The summed E-state index contributed by atoms with van der Waals surface area (Å²) in [4.78, 5) is 4.03. The first-order valence-electron chi connectivity index (χ1n) is 6.09. The average Bonchev–Trinajstić information content (AvgIpc) is 2.34. The maximum absolute atomic E-state index is 14.2. The number of aromatic nitrogens is 1. The number of hydrogen-bond acceptors (Lipinski definition) is 2. The number of rotatable bonds is 3. The standard InChI is InChI=1S/C15H16F2N2/c1-9-7-10(2)13(12(17)8-9)15(18-3)14-11(16)5-4-6-19-14/h4-8,15,18H,1-3H3. The molecule has 2 nitrogen and oxygen atoms in total. The molecule has 0 saturated heterocycles. The molecule has 100 valence electrons. The molecular weight excluding hydrogens is 246 g/mol. The molecule has 1 aromatic carbocycles. The SMILES string of the molecule is CNC(c1ncccc1F)c1c(C)cc(C)cc1F. The van der Waals surface area contributed by atoms with Crippen molar-refractivity contribution in [2.75, 3.05) is 7.05 Å². The van der Waals surface area contributed by atoms with Crippen molar-refractivity contribution < 1.29 is 8.78 Å². The number of pyridine rings is 1. The average molecular weight is 262 g/mol. The second-order valence-electron chi connectivity index (χ2n) is 4.57. The topological polar surface area (TPSA) is 24.9 Å². The maximum atomic E-state index is 14.2. The minimum Gasteiger partial charge on any atom is -0.308 e. The number of halogens is 2. The van der Waals surface area contributed by atoms with Crippen LogP contribution in [0.15, 0.2) is 30.5 Å². The summed E-state index contributed by atoms with van der Waals surface area (Å²) in [5.41, 5.74) is 2.26. The molecule has 0 fully saturated rings. The quantitative estimate of drug-likeness (QED) is 0.918. The second-order valence-corrected chi connectivity index (χ2v) is 4.57. The van der Waals surface area contributed by atoms with E-state index in [1.165, 1.54) is 24.4 Å². The van der Waals surface area contributed by atoms with Crippen molar-refractivity contribution in [1.29, 1.82) is 0 Å². The summed E-state index contributed by atoms with van der Waals surface area (Å²) < 4.78 is 28.0. The third kappa shape index (κ3) is 2.63. The molecule has 1 unspecified atom stereocenters. The van der Waals surface area contributed by atoms with Crippen LogP contribution in [0.5, 0.6) is 0 Å². The van der Waals surface area contributed by atoms with Gasteiger partial charge in [-0.15, -0.1) is 0 Å². The van der Waals surface area contributed by atoms with Gasteiger partial charge in [0.25, 0.3) is 0 Å². The van der Waals surface area contributed by atoms with E-state index in [0.717, 1.165) is 11.1 Å². The van der Waals surface area contributed by atoms with Crippen LogP contribution in [0.4, 0.5) is 8.78 Å². The lowest BCUT2D eigenvalue weighted by molar-refractivity contribution is 0.532. The van der Waals surface area contributed by atoms with E-state index in [2.05, 4.69) is 10.3 Å². The van der Waals surface area contributed by atoms with Crippen LogP contribution >= 0.6 is 0 Å². The predicted octanol–water partition coefficient (Wildman–Crippen LogP) is 3.29. The van der Waals surface area contributed by atoms with Crippen LogP contribution in [0, 0.1) is 25.5 Å². The van der Waals surface area contributed by atoms with Crippen molar-refractivity contribution >= 4 is 0 Å². The van der Waals surface area contributed by atoms with Crippen molar-refractivity contribution in [3.05, 3.63) is 64.5 Å². The molecule has 0 spiro atoms. The fourth-order valence-corrected chi connectivity index (χ4v) is 2.32. The lowest BCUT2D eigenvalue weighted by Crippen LogP contribution is -2.22. The van der Waals surface area contributed by atoms with Crippen molar-refractivity contribution in [3.8, 4) is 0 Å². The lowest BCUT2D eigenvalue weighted by atomic mass is 9.96. The van der Waals surface area contributed by atoms with Gasteiger partial charge in [-0.05, 0) is 50.2 Å². The Hall–Kier alpha value is -1.81. The highest BCUT2D eigenvalue weighted by atomic mass is 19.1. The fourth-order valence-electron chi connectivity index (χ4n) is 2.32. The molecule has 1 N–H and O–H groups in total. The van der Waals surface area contributed by atoms with Gasteiger partial charge < -0.3 is 5.32 Å². The summed E-state index contributed by atoms with van der Waals surface area (Å²) >= 11 is 0. The highest BCUT2D eigenvalue weighted by Crippen LogP contribution is 2.28. The highest BCUT2D eigenvalue weighted by Gasteiger charge is 2.22. The first kappa shape index (κ1) is 13.6. The summed E-state index contributed by atoms with van der Waals surface area (Å²) in [5.74, 6) is -0.789. The Balaban J connectivity index is 2.58. The molecule has 0 amide bonds. The molecule has 0 radical (unpaired) electrons. The summed E-state index contributed by atoms with van der Waals surface area (Å²) in [6, 6.07) is 5.58. The molecule has 0 saturated carbocycles. The zero-order valence-electron chi connectivity index (χ0n) is 11.2. The number of nitrogens with zero attached hydrogens (tertiary/aromatic N) is 1. The van der Waals surface area contributed by atoms with Gasteiger partial charge in [-0.1, -0.05) is 6.07 Å². The van der Waals surface area contributed by atoms with Gasteiger partial charge in [-0.3, -0.25) is 4.98 Å². The van der Waals surface area contributed by atoms with Gasteiger partial charge in [0.15, 0.2) is 0 Å². The van der Waals surface area contributed by atoms with E-state index in [9.17, 15) is 8.78 Å². The first-order valence-corrected chi connectivity index (χ1v) is 6.09. The minimum atomic E-state index is -0.596. The zero-order valence-corrected chi connectivity index (χ0v) is 11.2.